The molecule has 0 saturated carbocycles. The smallest absolute Gasteiger partial charge is 0.228 e. The van der Waals surface area contributed by atoms with Crippen LogP contribution in [0.1, 0.15) is 31.9 Å². The van der Waals surface area contributed by atoms with Gasteiger partial charge >= 0.3 is 0 Å². The summed E-state index contributed by atoms with van der Waals surface area (Å²) in [7, 11) is 2.11. The molecule has 0 fully saturated rings. The first kappa shape index (κ1) is 17.2. The fourth-order valence-corrected chi connectivity index (χ4v) is 4.48. The van der Waals surface area contributed by atoms with Gasteiger partial charge in [0.1, 0.15) is 18.5 Å². The summed E-state index contributed by atoms with van der Waals surface area (Å²) in [6, 6.07) is 13.0. The van der Waals surface area contributed by atoms with Gasteiger partial charge in [-0.2, -0.15) is 0 Å². The number of hydrogen-bond acceptors (Lipinski definition) is 2. The predicted octanol–water partition coefficient (Wildman–Crippen LogP) is 5.88. The van der Waals surface area contributed by atoms with E-state index >= 15 is 0 Å². The van der Waals surface area contributed by atoms with Gasteiger partial charge in [-0.05, 0) is 47.4 Å². The molecule has 3 heteroatoms. The van der Waals surface area contributed by atoms with Crippen LogP contribution in [0.2, 0.25) is 0 Å². The molecular weight excluding hydrogens is 344 g/mol. The van der Waals surface area contributed by atoms with Crippen LogP contribution in [0.5, 0.6) is 11.5 Å². The number of pyridine rings is 2. The molecule has 0 N–H and O–H groups in total. The van der Waals surface area contributed by atoms with E-state index in [1.807, 2.05) is 12.3 Å². The highest BCUT2D eigenvalue weighted by Crippen LogP contribution is 2.48. The molecule has 1 aliphatic heterocycles. The van der Waals surface area contributed by atoms with Gasteiger partial charge in [0.15, 0.2) is 6.20 Å². The highest BCUT2D eigenvalue weighted by atomic mass is 16.5. The molecule has 0 unspecified atom stereocenters. The molecule has 2 aromatic heterocycles. The number of nitrogens with zero attached hydrogens (tertiary/aromatic N) is 2. The number of benzene rings is 2. The summed E-state index contributed by atoms with van der Waals surface area (Å²) in [6.45, 7) is 8.99. The second kappa shape index (κ2) is 5.78. The first-order valence-corrected chi connectivity index (χ1v) is 9.84. The van der Waals surface area contributed by atoms with Crippen molar-refractivity contribution in [2.24, 2.45) is 12.5 Å². The summed E-state index contributed by atoms with van der Waals surface area (Å²) < 4.78 is 8.71. The monoisotopic (exact) mass is 369 g/mol. The maximum Gasteiger partial charge on any atom is 0.228 e. The molecule has 0 spiro atoms. The fraction of sp³-hybridized carbons (Fsp3) is 0.280. The Morgan fingerprint density at radius 3 is 2.68 bits per heavy atom. The van der Waals surface area contributed by atoms with Crippen molar-refractivity contribution in [1.82, 2.24) is 4.98 Å². The van der Waals surface area contributed by atoms with Crippen molar-refractivity contribution in [1.29, 1.82) is 0 Å². The highest BCUT2D eigenvalue weighted by Gasteiger charge is 2.30. The minimum atomic E-state index is 0.228. The third-order valence-corrected chi connectivity index (χ3v) is 5.58. The Hall–Kier alpha value is -2.94. The number of hydrogen-bond donors (Lipinski definition) is 0. The first-order chi connectivity index (χ1) is 13.3. The van der Waals surface area contributed by atoms with Crippen LogP contribution in [-0.4, -0.2) is 4.98 Å². The Morgan fingerprint density at radius 2 is 1.89 bits per heavy atom. The van der Waals surface area contributed by atoms with Gasteiger partial charge in [0.05, 0.1) is 16.5 Å². The van der Waals surface area contributed by atoms with Crippen LogP contribution in [0.4, 0.5) is 0 Å². The molecule has 0 aliphatic carbocycles. The lowest BCUT2D eigenvalue weighted by atomic mass is 9.86. The van der Waals surface area contributed by atoms with E-state index in [-0.39, 0.29) is 5.41 Å². The SMILES string of the molecule is Cc1c2c(cc3ncccc13)Oc1cc(CC(C)(C)C)cc3cc[n+](C)c-2c13. The molecule has 0 saturated heterocycles. The largest absolute Gasteiger partial charge is 0.455 e. The van der Waals surface area contributed by atoms with E-state index < -0.39 is 0 Å². The van der Waals surface area contributed by atoms with Crippen molar-refractivity contribution < 1.29 is 9.30 Å². The second-order valence-corrected chi connectivity index (χ2v) is 9.12. The lowest BCUT2D eigenvalue weighted by Crippen LogP contribution is -2.31. The molecule has 3 nitrogen and oxygen atoms in total. The van der Waals surface area contributed by atoms with Gasteiger partial charge in [0, 0.05) is 23.7 Å². The zero-order valence-corrected chi connectivity index (χ0v) is 17.1. The van der Waals surface area contributed by atoms with Crippen molar-refractivity contribution in [3.63, 3.8) is 0 Å². The van der Waals surface area contributed by atoms with Gasteiger partial charge in [-0.25, -0.2) is 4.57 Å². The van der Waals surface area contributed by atoms with E-state index in [1.54, 1.807) is 0 Å². The Morgan fingerprint density at radius 1 is 1.07 bits per heavy atom. The van der Waals surface area contributed by atoms with E-state index in [4.69, 9.17) is 4.74 Å². The number of fused-ring (bicyclic) bond motifs is 3. The van der Waals surface area contributed by atoms with Crippen LogP contribution in [-0.2, 0) is 13.5 Å². The van der Waals surface area contributed by atoms with E-state index in [1.165, 1.54) is 38.5 Å². The highest BCUT2D eigenvalue weighted by molar-refractivity contribution is 6.04. The first-order valence-electron chi connectivity index (χ1n) is 9.84. The van der Waals surface area contributed by atoms with Crippen LogP contribution in [0.25, 0.3) is 32.9 Å². The molecule has 0 bridgehead atoms. The van der Waals surface area contributed by atoms with Crippen molar-refractivity contribution in [3.8, 4) is 22.8 Å². The number of ether oxygens (including phenoxy) is 1. The van der Waals surface area contributed by atoms with Crippen LogP contribution in [0.15, 0.2) is 48.8 Å². The van der Waals surface area contributed by atoms with Gasteiger partial charge in [-0.3, -0.25) is 4.98 Å². The van der Waals surface area contributed by atoms with Gasteiger partial charge in [0.25, 0.3) is 0 Å². The van der Waals surface area contributed by atoms with Crippen LogP contribution < -0.4 is 9.30 Å². The van der Waals surface area contributed by atoms with Crippen molar-refractivity contribution in [3.05, 3.63) is 59.9 Å². The van der Waals surface area contributed by atoms with E-state index in [9.17, 15) is 0 Å². The molecule has 140 valence electrons. The fourth-order valence-electron chi connectivity index (χ4n) is 4.48. The molecule has 5 rings (SSSR count). The van der Waals surface area contributed by atoms with E-state index in [2.05, 4.69) is 80.8 Å². The Labute approximate surface area is 165 Å². The van der Waals surface area contributed by atoms with Crippen molar-refractivity contribution >= 4 is 21.7 Å². The molecule has 0 radical (unpaired) electrons. The molecule has 4 aromatic rings. The van der Waals surface area contributed by atoms with Gasteiger partial charge in [0.2, 0.25) is 5.69 Å². The second-order valence-electron chi connectivity index (χ2n) is 9.12. The standard InChI is InChI=1S/C25H25N2O/c1-15-18-7-6-9-26-19(18)13-21-22(15)24-23-17(8-10-27(24)5)11-16(12-20(23)28-21)14-25(2,3)4/h6-13H,14H2,1-5H3/q+1. The normalized spacial score (nSPS) is 12.9. The summed E-state index contributed by atoms with van der Waals surface area (Å²) in [6.07, 6.45) is 5.01. The van der Waals surface area contributed by atoms with Crippen molar-refractivity contribution in [2.45, 2.75) is 34.1 Å². The quantitative estimate of drug-likeness (QED) is 0.345. The lowest BCUT2D eigenvalue weighted by molar-refractivity contribution is -0.659. The molecule has 0 amide bonds. The molecule has 0 atom stereocenters. The number of aromatic nitrogens is 2. The Bertz CT molecular complexity index is 1270. The average molecular weight is 369 g/mol. The van der Waals surface area contributed by atoms with Gasteiger partial charge in [-0.15, -0.1) is 0 Å². The lowest BCUT2D eigenvalue weighted by Gasteiger charge is -2.24. The molecule has 28 heavy (non-hydrogen) atoms. The minimum absolute atomic E-state index is 0.228. The van der Waals surface area contributed by atoms with Crippen LogP contribution in [0.3, 0.4) is 0 Å². The summed E-state index contributed by atoms with van der Waals surface area (Å²) in [4.78, 5) is 4.56. The van der Waals surface area contributed by atoms with Crippen molar-refractivity contribution in [2.75, 3.05) is 0 Å². The van der Waals surface area contributed by atoms with Gasteiger partial charge in [-0.1, -0.05) is 32.9 Å². The topological polar surface area (TPSA) is 26.0 Å². The van der Waals surface area contributed by atoms with E-state index in [0.717, 1.165) is 23.4 Å². The maximum atomic E-state index is 6.50. The predicted molar refractivity (Wildman–Crippen MR) is 114 cm³/mol. The summed E-state index contributed by atoms with van der Waals surface area (Å²) in [5, 5.41) is 3.61. The molecule has 2 aromatic carbocycles. The third kappa shape index (κ3) is 2.57. The Kier molecular flexibility index (Phi) is 3.54. The zero-order chi connectivity index (χ0) is 19.6. The van der Waals surface area contributed by atoms with Gasteiger partial charge < -0.3 is 4.74 Å². The minimum Gasteiger partial charge on any atom is -0.455 e. The molecular formula is C25H25N2O+. The average Bonchev–Trinajstić information content (AvgIpc) is 2.62. The molecule has 1 aliphatic rings. The van der Waals surface area contributed by atoms with E-state index in [0.29, 0.717) is 0 Å². The van der Waals surface area contributed by atoms with Crippen LogP contribution in [0, 0.1) is 12.3 Å². The zero-order valence-electron chi connectivity index (χ0n) is 17.1. The summed E-state index contributed by atoms with van der Waals surface area (Å²) in [5.74, 6) is 1.84. The number of rotatable bonds is 1. The summed E-state index contributed by atoms with van der Waals surface area (Å²) in [5.41, 5.74) is 6.13. The van der Waals surface area contributed by atoms with Crippen LogP contribution >= 0.6 is 0 Å². The molecule has 3 heterocycles. The Balaban J connectivity index is 1.85. The summed E-state index contributed by atoms with van der Waals surface area (Å²) >= 11 is 0. The third-order valence-electron chi connectivity index (χ3n) is 5.58. The maximum absolute atomic E-state index is 6.50. The number of aryl methyl sites for hydroxylation is 2.